The molecular weight excluding hydrogens is 392 g/mol. The maximum atomic E-state index is 12.6. The summed E-state index contributed by atoms with van der Waals surface area (Å²) in [5, 5.41) is 3.08. The van der Waals surface area contributed by atoms with Crippen LogP contribution in [0.1, 0.15) is 46.8 Å². The van der Waals surface area contributed by atoms with Gasteiger partial charge < -0.3 is 19.7 Å². The molecule has 0 saturated carbocycles. The van der Waals surface area contributed by atoms with Crippen molar-refractivity contribution in [1.82, 2.24) is 10.2 Å². The molecule has 0 atom stereocenters. The molecule has 0 unspecified atom stereocenters. The molecule has 1 saturated heterocycles. The minimum absolute atomic E-state index is 0.0170. The zero-order valence-electron chi connectivity index (χ0n) is 18.9. The molecule has 2 aromatic rings. The van der Waals surface area contributed by atoms with Crippen LogP contribution >= 0.6 is 0 Å². The van der Waals surface area contributed by atoms with Crippen LogP contribution in [0, 0.1) is 20.8 Å². The molecule has 0 aromatic heterocycles. The number of likely N-dealkylation sites (tertiary alicyclic amines) is 1. The van der Waals surface area contributed by atoms with Gasteiger partial charge in [-0.25, -0.2) is 0 Å². The first-order valence-corrected chi connectivity index (χ1v) is 10.9. The first kappa shape index (κ1) is 22.7. The van der Waals surface area contributed by atoms with E-state index in [2.05, 4.69) is 11.4 Å². The van der Waals surface area contributed by atoms with Crippen LogP contribution < -0.4 is 14.8 Å². The van der Waals surface area contributed by atoms with Gasteiger partial charge in [-0.2, -0.15) is 0 Å². The summed E-state index contributed by atoms with van der Waals surface area (Å²) in [5.74, 6) is 1.44. The number of benzene rings is 2. The van der Waals surface area contributed by atoms with E-state index in [1.807, 2.05) is 38.7 Å². The van der Waals surface area contributed by atoms with Crippen LogP contribution in [-0.2, 0) is 4.79 Å². The Morgan fingerprint density at radius 1 is 0.968 bits per heavy atom. The highest BCUT2D eigenvalue weighted by molar-refractivity contribution is 5.94. The number of ether oxygens (including phenoxy) is 2. The van der Waals surface area contributed by atoms with E-state index in [9.17, 15) is 9.59 Å². The molecule has 1 N–H and O–H groups in total. The van der Waals surface area contributed by atoms with E-state index in [1.54, 1.807) is 24.3 Å². The first-order valence-electron chi connectivity index (χ1n) is 10.9. The largest absolute Gasteiger partial charge is 0.494 e. The van der Waals surface area contributed by atoms with Gasteiger partial charge in [-0.05, 0) is 81.5 Å². The summed E-state index contributed by atoms with van der Waals surface area (Å²) in [6.07, 6.45) is 1.47. The molecular formula is C25H32N2O4. The van der Waals surface area contributed by atoms with Gasteiger partial charge in [-0.1, -0.05) is 12.1 Å². The van der Waals surface area contributed by atoms with Gasteiger partial charge in [0.15, 0.2) is 6.61 Å². The lowest BCUT2D eigenvalue weighted by Gasteiger charge is -2.32. The number of nitrogens with one attached hydrogen (secondary N) is 1. The fraction of sp³-hybridized carbons (Fsp3) is 0.440. The average Bonchev–Trinajstić information content (AvgIpc) is 2.77. The molecule has 6 nitrogen and oxygen atoms in total. The molecule has 1 fully saturated rings. The summed E-state index contributed by atoms with van der Waals surface area (Å²) in [7, 11) is 0. The van der Waals surface area contributed by atoms with Crippen molar-refractivity contribution in [2.75, 3.05) is 26.3 Å². The summed E-state index contributed by atoms with van der Waals surface area (Å²) in [6, 6.07) is 11.3. The minimum atomic E-state index is -0.0958. The number of hydrogen-bond acceptors (Lipinski definition) is 4. The molecule has 31 heavy (non-hydrogen) atoms. The maximum absolute atomic E-state index is 12.6. The van der Waals surface area contributed by atoms with E-state index >= 15 is 0 Å². The quantitative estimate of drug-likeness (QED) is 0.734. The Balaban J connectivity index is 1.46. The summed E-state index contributed by atoms with van der Waals surface area (Å²) in [5.41, 5.74) is 3.87. The molecule has 0 radical (unpaired) electrons. The van der Waals surface area contributed by atoms with Crippen LogP contribution in [0.15, 0.2) is 36.4 Å². The second kappa shape index (κ2) is 10.3. The second-order valence-corrected chi connectivity index (χ2v) is 8.03. The lowest BCUT2D eigenvalue weighted by atomic mass is 10.0. The van der Waals surface area contributed by atoms with Crippen molar-refractivity contribution in [3.8, 4) is 11.5 Å². The van der Waals surface area contributed by atoms with Crippen molar-refractivity contribution in [3.05, 3.63) is 58.7 Å². The Labute approximate surface area is 184 Å². The number of piperidine rings is 1. The van der Waals surface area contributed by atoms with Gasteiger partial charge in [0, 0.05) is 24.7 Å². The molecule has 0 aliphatic carbocycles. The Morgan fingerprint density at radius 2 is 1.61 bits per heavy atom. The second-order valence-electron chi connectivity index (χ2n) is 8.03. The predicted molar refractivity (Wildman–Crippen MR) is 121 cm³/mol. The van der Waals surface area contributed by atoms with Gasteiger partial charge in [0.25, 0.3) is 11.8 Å². The smallest absolute Gasteiger partial charge is 0.260 e. The molecule has 6 heteroatoms. The predicted octanol–water partition coefficient (Wildman–Crippen LogP) is 3.81. The molecule has 1 aliphatic rings. The lowest BCUT2D eigenvalue weighted by molar-refractivity contribution is -0.134. The molecule has 166 valence electrons. The Hall–Kier alpha value is -3.02. The van der Waals surface area contributed by atoms with E-state index in [0.717, 1.165) is 41.0 Å². The summed E-state index contributed by atoms with van der Waals surface area (Å²) in [4.78, 5) is 26.9. The minimum Gasteiger partial charge on any atom is -0.494 e. The topological polar surface area (TPSA) is 67.9 Å². The highest BCUT2D eigenvalue weighted by atomic mass is 16.5. The third-order valence-corrected chi connectivity index (χ3v) is 5.82. The van der Waals surface area contributed by atoms with E-state index in [0.29, 0.717) is 25.3 Å². The molecule has 0 spiro atoms. The monoisotopic (exact) mass is 424 g/mol. The SMILES string of the molecule is CCOc1ccc(C(=O)NC2CCN(C(=O)COc3c(C)ccc(C)c3C)CC2)cc1. The Morgan fingerprint density at radius 3 is 2.26 bits per heavy atom. The zero-order chi connectivity index (χ0) is 22.4. The van der Waals surface area contributed by atoms with Crippen molar-refractivity contribution in [2.24, 2.45) is 0 Å². The van der Waals surface area contributed by atoms with Crippen LogP contribution in [0.4, 0.5) is 0 Å². The van der Waals surface area contributed by atoms with Gasteiger partial charge in [-0.3, -0.25) is 9.59 Å². The van der Waals surface area contributed by atoms with E-state index in [4.69, 9.17) is 9.47 Å². The Kier molecular flexibility index (Phi) is 7.55. The lowest BCUT2D eigenvalue weighted by Crippen LogP contribution is -2.47. The molecule has 0 bridgehead atoms. The maximum Gasteiger partial charge on any atom is 0.260 e. The van der Waals surface area contributed by atoms with Crippen molar-refractivity contribution in [3.63, 3.8) is 0 Å². The number of aryl methyl sites for hydroxylation is 2. The highest BCUT2D eigenvalue weighted by Gasteiger charge is 2.24. The normalized spacial score (nSPS) is 14.3. The van der Waals surface area contributed by atoms with E-state index < -0.39 is 0 Å². The van der Waals surface area contributed by atoms with Crippen LogP contribution in [-0.4, -0.2) is 49.1 Å². The average molecular weight is 425 g/mol. The van der Waals surface area contributed by atoms with Gasteiger partial charge >= 0.3 is 0 Å². The van der Waals surface area contributed by atoms with Crippen LogP contribution in [0.25, 0.3) is 0 Å². The number of rotatable bonds is 7. The fourth-order valence-electron chi connectivity index (χ4n) is 3.78. The van der Waals surface area contributed by atoms with Gasteiger partial charge in [0.1, 0.15) is 11.5 Å². The van der Waals surface area contributed by atoms with Crippen molar-refractivity contribution in [1.29, 1.82) is 0 Å². The van der Waals surface area contributed by atoms with Crippen molar-refractivity contribution >= 4 is 11.8 Å². The Bertz CT molecular complexity index is 916. The van der Waals surface area contributed by atoms with E-state index in [-0.39, 0.29) is 24.5 Å². The van der Waals surface area contributed by atoms with Crippen molar-refractivity contribution < 1.29 is 19.1 Å². The molecule has 1 aliphatic heterocycles. The highest BCUT2D eigenvalue weighted by Crippen LogP contribution is 2.26. The molecule has 1 heterocycles. The van der Waals surface area contributed by atoms with Crippen LogP contribution in [0.3, 0.4) is 0 Å². The number of carbonyl (C=O) groups excluding carboxylic acids is 2. The number of amides is 2. The standard InChI is InChI=1S/C25H32N2O4/c1-5-30-22-10-8-20(9-11-22)25(29)26-21-12-14-27(15-13-21)23(28)16-31-24-18(3)7-6-17(2)19(24)4/h6-11,21H,5,12-16H2,1-4H3,(H,26,29). The van der Waals surface area contributed by atoms with Gasteiger partial charge in [0.05, 0.1) is 6.61 Å². The van der Waals surface area contributed by atoms with Crippen LogP contribution in [0.5, 0.6) is 11.5 Å². The number of nitrogens with zero attached hydrogens (tertiary/aromatic N) is 1. The molecule has 2 aromatic carbocycles. The third-order valence-electron chi connectivity index (χ3n) is 5.82. The number of carbonyl (C=O) groups is 2. The van der Waals surface area contributed by atoms with Crippen molar-refractivity contribution in [2.45, 2.75) is 46.6 Å². The summed E-state index contributed by atoms with van der Waals surface area (Å²) >= 11 is 0. The first-order chi connectivity index (χ1) is 14.9. The summed E-state index contributed by atoms with van der Waals surface area (Å²) < 4.78 is 11.3. The molecule has 2 amide bonds. The van der Waals surface area contributed by atoms with E-state index in [1.165, 1.54) is 0 Å². The third kappa shape index (κ3) is 5.78. The summed E-state index contributed by atoms with van der Waals surface area (Å²) in [6.45, 7) is 9.83. The molecule has 3 rings (SSSR count). The van der Waals surface area contributed by atoms with Gasteiger partial charge in [0.2, 0.25) is 0 Å². The van der Waals surface area contributed by atoms with Gasteiger partial charge in [-0.15, -0.1) is 0 Å². The fourth-order valence-corrected chi connectivity index (χ4v) is 3.78. The number of hydrogen-bond donors (Lipinski definition) is 1. The van der Waals surface area contributed by atoms with Crippen LogP contribution in [0.2, 0.25) is 0 Å². The zero-order valence-corrected chi connectivity index (χ0v) is 18.9.